The third-order valence-corrected chi connectivity index (χ3v) is 4.07. The van der Waals surface area contributed by atoms with Crippen molar-refractivity contribution in [3.05, 3.63) is 49.3 Å². The summed E-state index contributed by atoms with van der Waals surface area (Å²) in [5, 5.41) is 3.40. The summed E-state index contributed by atoms with van der Waals surface area (Å²) < 4.78 is 0.725. The normalized spacial score (nSPS) is 10.5. The van der Waals surface area contributed by atoms with Crippen LogP contribution in [0.1, 0.15) is 21.1 Å². The van der Waals surface area contributed by atoms with Crippen molar-refractivity contribution in [3.63, 3.8) is 0 Å². The van der Waals surface area contributed by atoms with Crippen LogP contribution in [0.25, 0.3) is 0 Å². The third kappa shape index (κ3) is 3.15. The number of aryl methyl sites for hydroxylation is 1. The van der Waals surface area contributed by atoms with Gasteiger partial charge in [-0.05, 0) is 41.1 Å². The summed E-state index contributed by atoms with van der Waals surface area (Å²) in [6.45, 7) is 1.92. The maximum Gasteiger partial charge on any atom is 0.170 e. The molecular weight excluding hydrogens is 322 g/mol. The van der Waals surface area contributed by atoms with Gasteiger partial charge in [0.25, 0.3) is 0 Å². The lowest BCUT2D eigenvalue weighted by molar-refractivity contribution is 0.0992. The van der Waals surface area contributed by atoms with Crippen molar-refractivity contribution in [1.82, 2.24) is 4.98 Å². The number of ketones is 1. The third-order valence-electron chi connectivity index (χ3n) is 2.21. The number of carbonyl (C=O) groups excluding carboxylic acids is 1. The zero-order valence-electron chi connectivity index (χ0n) is 9.04. The predicted molar refractivity (Wildman–Crippen MR) is 74.0 cm³/mol. The highest BCUT2D eigenvalue weighted by Gasteiger charge is 2.12. The van der Waals surface area contributed by atoms with Gasteiger partial charge < -0.3 is 0 Å². The van der Waals surface area contributed by atoms with Crippen LogP contribution in [0.4, 0.5) is 0 Å². The summed E-state index contributed by atoms with van der Waals surface area (Å²) in [4.78, 5) is 16.3. The van der Waals surface area contributed by atoms with E-state index in [2.05, 4.69) is 20.9 Å². The van der Waals surface area contributed by atoms with E-state index in [1.165, 1.54) is 11.3 Å². The maximum absolute atomic E-state index is 12.0. The molecule has 0 saturated carbocycles. The highest BCUT2D eigenvalue weighted by atomic mass is 79.9. The molecule has 1 aromatic carbocycles. The Bertz CT molecular complexity index is 567. The first kappa shape index (κ1) is 12.7. The molecule has 0 saturated heterocycles. The summed E-state index contributed by atoms with van der Waals surface area (Å²) in [5.74, 6) is 0.0443. The number of rotatable bonds is 3. The van der Waals surface area contributed by atoms with E-state index in [0.717, 1.165) is 15.2 Å². The summed E-state index contributed by atoms with van der Waals surface area (Å²) in [6.07, 6.45) is 0.332. The van der Waals surface area contributed by atoms with Crippen LogP contribution in [0.15, 0.2) is 28.1 Å². The van der Waals surface area contributed by atoms with Gasteiger partial charge in [-0.2, -0.15) is 0 Å². The largest absolute Gasteiger partial charge is 0.294 e. The second-order valence-corrected chi connectivity index (χ2v) is 5.84. The van der Waals surface area contributed by atoms with Gasteiger partial charge in [0.2, 0.25) is 0 Å². The van der Waals surface area contributed by atoms with Crippen molar-refractivity contribution < 1.29 is 4.79 Å². The molecule has 0 unspecified atom stereocenters. The van der Waals surface area contributed by atoms with Gasteiger partial charge in [-0.25, -0.2) is 4.98 Å². The van der Waals surface area contributed by atoms with Crippen LogP contribution in [0.3, 0.4) is 0 Å². The van der Waals surface area contributed by atoms with Gasteiger partial charge in [0.15, 0.2) is 5.78 Å². The number of aromatic nitrogens is 1. The number of nitrogens with zero attached hydrogens (tertiary/aromatic N) is 1. The molecule has 0 atom stereocenters. The minimum Gasteiger partial charge on any atom is -0.294 e. The van der Waals surface area contributed by atoms with Crippen molar-refractivity contribution in [1.29, 1.82) is 0 Å². The molecule has 0 bridgehead atoms. The van der Waals surface area contributed by atoms with Gasteiger partial charge in [-0.1, -0.05) is 11.6 Å². The molecule has 2 aromatic rings. The fourth-order valence-electron chi connectivity index (χ4n) is 1.43. The van der Waals surface area contributed by atoms with E-state index in [-0.39, 0.29) is 5.78 Å². The molecule has 2 nitrogen and oxygen atoms in total. The average molecular weight is 331 g/mol. The summed E-state index contributed by atoms with van der Waals surface area (Å²) >= 11 is 10.7. The van der Waals surface area contributed by atoms with Crippen LogP contribution in [-0.4, -0.2) is 10.8 Å². The molecule has 0 fully saturated rings. The van der Waals surface area contributed by atoms with E-state index in [1.54, 1.807) is 18.2 Å². The number of hydrogen-bond donors (Lipinski definition) is 0. The maximum atomic E-state index is 12.0. The van der Waals surface area contributed by atoms with E-state index in [1.807, 2.05) is 12.3 Å². The lowest BCUT2D eigenvalue weighted by Gasteiger charge is -2.02. The van der Waals surface area contributed by atoms with E-state index < -0.39 is 0 Å². The molecule has 88 valence electrons. The molecule has 0 spiro atoms. The number of halogens is 2. The first-order chi connectivity index (χ1) is 8.06. The molecule has 5 heteroatoms. The Kier molecular flexibility index (Phi) is 3.97. The van der Waals surface area contributed by atoms with Crippen molar-refractivity contribution in [2.45, 2.75) is 13.3 Å². The van der Waals surface area contributed by atoms with Gasteiger partial charge in [0.05, 0.1) is 6.42 Å². The Morgan fingerprint density at radius 2 is 2.29 bits per heavy atom. The van der Waals surface area contributed by atoms with E-state index in [0.29, 0.717) is 17.0 Å². The Balaban J connectivity index is 2.20. The molecule has 1 heterocycles. The van der Waals surface area contributed by atoms with Crippen LogP contribution >= 0.6 is 38.9 Å². The number of Topliss-reactive ketones (excluding diaryl/α,β-unsaturated/α-hetero) is 1. The second kappa shape index (κ2) is 5.29. The Morgan fingerprint density at radius 1 is 1.53 bits per heavy atom. The summed E-state index contributed by atoms with van der Waals surface area (Å²) in [7, 11) is 0. The first-order valence-electron chi connectivity index (χ1n) is 4.95. The highest BCUT2D eigenvalue weighted by molar-refractivity contribution is 9.10. The molecular formula is C12H9BrClNOS. The Morgan fingerprint density at radius 3 is 2.88 bits per heavy atom. The van der Waals surface area contributed by atoms with Gasteiger partial charge in [0.1, 0.15) is 5.01 Å². The van der Waals surface area contributed by atoms with Crippen molar-refractivity contribution in [3.8, 4) is 0 Å². The highest BCUT2D eigenvalue weighted by Crippen LogP contribution is 2.23. The zero-order chi connectivity index (χ0) is 12.4. The average Bonchev–Trinajstić information content (AvgIpc) is 2.63. The fourth-order valence-corrected chi connectivity index (χ4v) is 3.11. The number of thiazole rings is 1. The predicted octanol–water partition coefficient (Wildman–Crippen LogP) is 4.29. The van der Waals surface area contributed by atoms with E-state index >= 15 is 0 Å². The fraction of sp³-hybridized carbons (Fsp3) is 0.167. The first-order valence-corrected chi connectivity index (χ1v) is 7.00. The molecule has 0 aliphatic carbocycles. The van der Waals surface area contributed by atoms with Crippen molar-refractivity contribution in [2.75, 3.05) is 0 Å². The topological polar surface area (TPSA) is 30.0 Å². The molecule has 17 heavy (non-hydrogen) atoms. The van der Waals surface area contributed by atoms with E-state index in [9.17, 15) is 4.79 Å². The lowest BCUT2D eigenvalue weighted by atomic mass is 10.1. The standard InChI is InChI=1S/C12H9BrClNOS/c1-7-6-17-12(15-7)5-11(16)9-3-2-8(14)4-10(9)13/h2-4,6H,5H2,1H3. The molecule has 0 aliphatic heterocycles. The minimum atomic E-state index is 0.0443. The summed E-state index contributed by atoms with van der Waals surface area (Å²) in [6, 6.07) is 5.17. The van der Waals surface area contributed by atoms with Crippen LogP contribution in [0.5, 0.6) is 0 Å². The van der Waals surface area contributed by atoms with Crippen molar-refractivity contribution >= 4 is 44.7 Å². The smallest absolute Gasteiger partial charge is 0.170 e. The van der Waals surface area contributed by atoms with Gasteiger partial charge in [-0.3, -0.25) is 4.79 Å². The number of carbonyl (C=O) groups is 1. The van der Waals surface area contributed by atoms with Crippen LogP contribution in [0.2, 0.25) is 5.02 Å². The van der Waals surface area contributed by atoms with Crippen LogP contribution in [0, 0.1) is 6.92 Å². The van der Waals surface area contributed by atoms with Crippen LogP contribution in [-0.2, 0) is 6.42 Å². The molecule has 0 aliphatic rings. The second-order valence-electron chi connectivity index (χ2n) is 3.61. The number of hydrogen-bond acceptors (Lipinski definition) is 3. The number of benzene rings is 1. The Labute approximate surface area is 117 Å². The van der Waals surface area contributed by atoms with Gasteiger partial charge >= 0.3 is 0 Å². The molecule has 2 rings (SSSR count). The molecule has 0 radical (unpaired) electrons. The van der Waals surface area contributed by atoms with Gasteiger partial charge in [-0.15, -0.1) is 11.3 Å². The molecule has 0 N–H and O–H groups in total. The van der Waals surface area contributed by atoms with Crippen LogP contribution < -0.4 is 0 Å². The monoisotopic (exact) mass is 329 g/mol. The van der Waals surface area contributed by atoms with Gasteiger partial charge in [0, 0.05) is 26.1 Å². The van der Waals surface area contributed by atoms with Crippen molar-refractivity contribution in [2.24, 2.45) is 0 Å². The minimum absolute atomic E-state index is 0.0443. The lowest BCUT2D eigenvalue weighted by Crippen LogP contribution is -2.04. The molecule has 0 amide bonds. The Hall–Kier alpha value is -0.710. The SMILES string of the molecule is Cc1csc(CC(=O)c2ccc(Cl)cc2Br)n1. The quantitative estimate of drug-likeness (QED) is 0.786. The van der Waals surface area contributed by atoms with E-state index in [4.69, 9.17) is 11.6 Å². The molecule has 1 aromatic heterocycles. The summed E-state index contributed by atoms with van der Waals surface area (Å²) in [5.41, 5.74) is 1.59. The zero-order valence-corrected chi connectivity index (χ0v) is 12.2.